The molecule has 1 amide bonds. The second-order valence-corrected chi connectivity index (χ2v) is 5.79. The van der Waals surface area contributed by atoms with Gasteiger partial charge in [-0.05, 0) is 30.9 Å². The maximum atomic E-state index is 12.8. The average Bonchev–Trinajstić information content (AvgIpc) is 2.55. The van der Waals surface area contributed by atoms with Crippen LogP contribution in [0, 0.1) is 17.0 Å². The van der Waals surface area contributed by atoms with Gasteiger partial charge in [0.05, 0.1) is 11.3 Å². The lowest BCUT2D eigenvalue weighted by molar-refractivity contribution is -0.385. The second kappa shape index (κ2) is 6.20. The minimum absolute atomic E-state index is 0.00265. The smallest absolute Gasteiger partial charge is 0.273 e. The molecule has 0 atom stereocenters. The Hall–Kier alpha value is -2.69. The number of carbonyl (C=O) groups is 1. The standard InChI is InChI=1S/C18H18N2O3/c1-13-6-4-8-14-9-5-11-19(18(13)14)17(21)12-15-7-2-3-10-16(15)20(22)23/h2-4,6-8,10H,5,9,11-12H2,1H3. The number of fused-ring (bicyclic) bond motifs is 1. The van der Waals surface area contributed by atoms with Gasteiger partial charge in [0.15, 0.2) is 0 Å². The number of nitrogens with zero attached hydrogens (tertiary/aromatic N) is 2. The Labute approximate surface area is 134 Å². The fourth-order valence-electron chi connectivity index (χ4n) is 3.19. The number of nitro benzene ring substituents is 1. The number of benzene rings is 2. The fourth-order valence-corrected chi connectivity index (χ4v) is 3.19. The first-order chi connectivity index (χ1) is 11.1. The number of para-hydroxylation sites is 2. The normalized spacial score (nSPS) is 13.5. The SMILES string of the molecule is Cc1cccc2c1N(C(=O)Cc1ccccc1[N+](=O)[O-])CCC2. The van der Waals surface area contributed by atoms with Crippen molar-refractivity contribution in [3.05, 3.63) is 69.3 Å². The van der Waals surface area contributed by atoms with E-state index in [2.05, 4.69) is 0 Å². The van der Waals surface area contributed by atoms with Gasteiger partial charge in [-0.2, -0.15) is 0 Å². The molecule has 0 saturated heterocycles. The van der Waals surface area contributed by atoms with Crippen molar-refractivity contribution in [3.63, 3.8) is 0 Å². The Morgan fingerprint density at radius 1 is 1.22 bits per heavy atom. The molecule has 0 unspecified atom stereocenters. The summed E-state index contributed by atoms with van der Waals surface area (Å²) in [5, 5.41) is 11.1. The third-order valence-corrected chi connectivity index (χ3v) is 4.25. The maximum absolute atomic E-state index is 12.8. The van der Waals surface area contributed by atoms with Crippen LogP contribution in [0.5, 0.6) is 0 Å². The summed E-state index contributed by atoms with van der Waals surface area (Å²) in [5.41, 5.74) is 3.68. The molecule has 0 N–H and O–H groups in total. The van der Waals surface area contributed by atoms with Gasteiger partial charge in [-0.15, -0.1) is 0 Å². The predicted molar refractivity (Wildman–Crippen MR) is 88.7 cm³/mol. The summed E-state index contributed by atoms with van der Waals surface area (Å²) in [7, 11) is 0. The van der Waals surface area contributed by atoms with E-state index in [0.717, 1.165) is 24.1 Å². The van der Waals surface area contributed by atoms with Crippen LogP contribution < -0.4 is 4.90 Å². The number of nitro groups is 1. The Kier molecular flexibility index (Phi) is 4.10. The zero-order chi connectivity index (χ0) is 16.4. The maximum Gasteiger partial charge on any atom is 0.273 e. The number of hydrogen-bond acceptors (Lipinski definition) is 3. The van der Waals surface area contributed by atoms with E-state index in [0.29, 0.717) is 12.1 Å². The lowest BCUT2D eigenvalue weighted by Crippen LogP contribution is -2.37. The van der Waals surface area contributed by atoms with Gasteiger partial charge in [0.1, 0.15) is 0 Å². The Morgan fingerprint density at radius 3 is 2.78 bits per heavy atom. The van der Waals surface area contributed by atoms with Gasteiger partial charge in [0.2, 0.25) is 5.91 Å². The van der Waals surface area contributed by atoms with Crippen molar-refractivity contribution in [1.29, 1.82) is 0 Å². The highest BCUT2D eigenvalue weighted by molar-refractivity contribution is 5.97. The summed E-state index contributed by atoms with van der Waals surface area (Å²) >= 11 is 0. The Balaban J connectivity index is 1.91. The van der Waals surface area contributed by atoms with Gasteiger partial charge in [-0.25, -0.2) is 0 Å². The molecular formula is C18H18N2O3. The topological polar surface area (TPSA) is 63.5 Å². The van der Waals surface area contributed by atoms with E-state index in [9.17, 15) is 14.9 Å². The lowest BCUT2D eigenvalue weighted by atomic mass is 9.97. The van der Waals surface area contributed by atoms with Crippen LogP contribution in [-0.2, 0) is 17.6 Å². The second-order valence-electron chi connectivity index (χ2n) is 5.79. The minimum Gasteiger partial charge on any atom is -0.312 e. The van der Waals surface area contributed by atoms with Crippen molar-refractivity contribution in [2.24, 2.45) is 0 Å². The van der Waals surface area contributed by atoms with E-state index in [4.69, 9.17) is 0 Å². The van der Waals surface area contributed by atoms with E-state index in [1.54, 1.807) is 23.1 Å². The van der Waals surface area contributed by atoms with Gasteiger partial charge < -0.3 is 4.90 Å². The zero-order valence-corrected chi connectivity index (χ0v) is 13.0. The Morgan fingerprint density at radius 2 is 2.00 bits per heavy atom. The van der Waals surface area contributed by atoms with Crippen molar-refractivity contribution in [2.75, 3.05) is 11.4 Å². The van der Waals surface area contributed by atoms with E-state index < -0.39 is 4.92 Å². The van der Waals surface area contributed by atoms with Crippen molar-refractivity contribution in [1.82, 2.24) is 0 Å². The summed E-state index contributed by atoms with van der Waals surface area (Å²) in [6.07, 6.45) is 1.93. The van der Waals surface area contributed by atoms with E-state index in [1.807, 2.05) is 25.1 Å². The molecule has 0 aromatic heterocycles. The highest BCUT2D eigenvalue weighted by atomic mass is 16.6. The largest absolute Gasteiger partial charge is 0.312 e. The monoisotopic (exact) mass is 310 g/mol. The van der Waals surface area contributed by atoms with Crippen LogP contribution in [0.4, 0.5) is 11.4 Å². The van der Waals surface area contributed by atoms with Crippen molar-refractivity contribution < 1.29 is 9.72 Å². The summed E-state index contributed by atoms with van der Waals surface area (Å²) in [5.74, 6) is -0.0884. The van der Waals surface area contributed by atoms with E-state index in [-0.39, 0.29) is 18.0 Å². The summed E-state index contributed by atoms with van der Waals surface area (Å²) < 4.78 is 0. The van der Waals surface area contributed by atoms with Crippen LogP contribution in [-0.4, -0.2) is 17.4 Å². The van der Waals surface area contributed by atoms with Gasteiger partial charge >= 0.3 is 0 Å². The number of aryl methyl sites for hydroxylation is 2. The number of rotatable bonds is 3. The van der Waals surface area contributed by atoms with Crippen LogP contribution in [0.25, 0.3) is 0 Å². The molecule has 0 fully saturated rings. The van der Waals surface area contributed by atoms with E-state index >= 15 is 0 Å². The molecule has 23 heavy (non-hydrogen) atoms. The number of anilines is 1. The highest BCUT2D eigenvalue weighted by Crippen LogP contribution is 2.31. The van der Waals surface area contributed by atoms with E-state index in [1.165, 1.54) is 11.6 Å². The number of hydrogen-bond donors (Lipinski definition) is 0. The molecule has 0 radical (unpaired) electrons. The molecule has 2 aromatic rings. The van der Waals surface area contributed by atoms with Gasteiger partial charge in [-0.3, -0.25) is 14.9 Å². The molecule has 0 bridgehead atoms. The summed E-state index contributed by atoms with van der Waals surface area (Å²) in [4.78, 5) is 25.2. The van der Waals surface area contributed by atoms with Gasteiger partial charge in [0, 0.05) is 23.9 Å². The van der Waals surface area contributed by atoms with Gasteiger partial charge in [0.25, 0.3) is 5.69 Å². The molecule has 1 aliphatic rings. The first-order valence-corrected chi connectivity index (χ1v) is 7.69. The van der Waals surface area contributed by atoms with Crippen LogP contribution in [0.3, 0.4) is 0 Å². The van der Waals surface area contributed by atoms with Crippen LogP contribution in [0.1, 0.15) is 23.1 Å². The molecule has 1 heterocycles. The van der Waals surface area contributed by atoms with Crippen molar-refractivity contribution >= 4 is 17.3 Å². The van der Waals surface area contributed by atoms with Crippen LogP contribution in [0.2, 0.25) is 0 Å². The lowest BCUT2D eigenvalue weighted by Gasteiger charge is -2.31. The first-order valence-electron chi connectivity index (χ1n) is 7.69. The average molecular weight is 310 g/mol. The third-order valence-electron chi connectivity index (χ3n) is 4.25. The Bertz CT molecular complexity index is 771. The third kappa shape index (κ3) is 2.95. The molecule has 3 rings (SSSR count). The fraction of sp³-hybridized carbons (Fsp3) is 0.278. The molecule has 0 spiro atoms. The van der Waals surface area contributed by atoms with Crippen LogP contribution in [0.15, 0.2) is 42.5 Å². The molecule has 2 aromatic carbocycles. The molecule has 118 valence electrons. The molecule has 5 heteroatoms. The highest BCUT2D eigenvalue weighted by Gasteiger charge is 2.25. The van der Waals surface area contributed by atoms with Crippen molar-refractivity contribution in [2.45, 2.75) is 26.2 Å². The quantitative estimate of drug-likeness (QED) is 0.644. The molecule has 0 saturated carbocycles. The minimum atomic E-state index is -0.433. The number of amides is 1. The summed E-state index contributed by atoms with van der Waals surface area (Å²) in [6.45, 7) is 2.66. The first kappa shape index (κ1) is 15.2. The van der Waals surface area contributed by atoms with Crippen molar-refractivity contribution in [3.8, 4) is 0 Å². The number of carbonyl (C=O) groups excluding carboxylic acids is 1. The predicted octanol–water partition coefficient (Wildman–Crippen LogP) is 3.43. The molecule has 5 nitrogen and oxygen atoms in total. The molecule has 0 aliphatic carbocycles. The molecular weight excluding hydrogens is 292 g/mol. The van der Waals surface area contributed by atoms with Crippen LogP contribution >= 0.6 is 0 Å². The van der Waals surface area contributed by atoms with Gasteiger partial charge in [-0.1, -0.05) is 36.4 Å². The zero-order valence-electron chi connectivity index (χ0n) is 13.0. The molecule has 1 aliphatic heterocycles. The summed E-state index contributed by atoms with van der Waals surface area (Å²) in [6, 6.07) is 12.5.